The molecule has 6 nitrogen and oxygen atoms in total. The Bertz CT molecular complexity index is 358. The van der Waals surface area contributed by atoms with Gasteiger partial charge in [0.1, 0.15) is 0 Å². The standard InChI is InChI=1S/C8H12BrN5O/c9-6-5-14(12-7(6)10)4-3-13-2-1-11-8(13)15/h5H,1-4H2,(H2,10,12)(H,11,15). The van der Waals surface area contributed by atoms with Crippen LogP contribution in [0.5, 0.6) is 0 Å². The first-order valence-corrected chi connectivity index (χ1v) is 5.47. The summed E-state index contributed by atoms with van der Waals surface area (Å²) in [6.45, 7) is 2.79. The Morgan fingerprint density at radius 3 is 2.93 bits per heavy atom. The molecule has 2 amide bonds. The van der Waals surface area contributed by atoms with E-state index in [1.165, 1.54) is 0 Å². The zero-order chi connectivity index (χ0) is 10.8. The summed E-state index contributed by atoms with van der Waals surface area (Å²) in [5, 5.41) is 6.83. The first kappa shape index (κ1) is 10.3. The molecule has 3 N–H and O–H groups in total. The van der Waals surface area contributed by atoms with Gasteiger partial charge in [-0.05, 0) is 15.9 Å². The number of nitrogens with one attached hydrogen (secondary N) is 1. The zero-order valence-electron chi connectivity index (χ0n) is 8.11. The van der Waals surface area contributed by atoms with Gasteiger partial charge in [-0.3, -0.25) is 4.68 Å². The van der Waals surface area contributed by atoms with Crippen molar-refractivity contribution in [1.82, 2.24) is 20.0 Å². The summed E-state index contributed by atoms with van der Waals surface area (Å²) in [5.74, 6) is 0.473. The first-order chi connectivity index (χ1) is 7.16. The number of carbonyl (C=O) groups excluding carboxylic acids is 1. The highest BCUT2D eigenvalue weighted by Gasteiger charge is 2.18. The van der Waals surface area contributed by atoms with Gasteiger partial charge in [0.05, 0.1) is 11.0 Å². The summed E-state index contributed by atoms with van der Waals surface area (Å²) >= 11 is 3.28. The number of nitrogens with two attached hydrogens (primary N) is 1. The van der Waals surface area contributed by atoms with Gasteiger partial charge in [-0.1, -0.05) is 0 Å². The summed E-state index contributed by atoms with van der Waals surface area (Å²) < 4.78 is 2.51. The molecule has 0 spiro atoms. The lowest BCUT2D eigenvalue weighted by Gasteiger charge is -2.13. The fourth-order valence-electron chi connectivity index (χ4n) is 1.47. The van der Waals surface area contributed by atoms with E-state index in [4.69, 9.17) is 5.73 Å². The molecular weight excluding hydrogens is 262 g/mol. The van der Waals surface area contributed by atoms with E-state index in [0.717, 1.165) is 17.6 Å². The molecule has 0 aromatic carbocycles. The smallest absolute Gasteiger partial charge is 0.317 e. The third kappa shape index (κ3) is 2.23. The number of hydrogen-bond acceptors (Lipinski definition) is 3. The van der Waals surface area contributed by atoms with E-state index in [9.17, 15) is 4.79 Å². The van der Waals surface area contributed by atoms with Gasteiger partial charge in [0, 0.05) is 25.8 Å². The highest BCUT2D eigenvalue weighted by Crippen LogP contribution is 2.16. The van der Waals surface area contributed by atoms with Crippen molar-refractivity contribution >= 4 is 27.8 Å². The molecule has 0 atom stereocenters. The predicted molar refractivity (Wildman–Crippen MR) is 59.3 cm³/mol. The van der Waals surface area contributed by atoms with Crippen LogP contribution in [0.25, 0.3) is 0 Å². The van der Waals surface area contributed by atoms with Crippen molar-refractivity contribution < 1.29 is 4.79 Å². The maximum Gasteiger partial charge on any atom is 0.317 e. The summed E-state index contributed by atoms with van der Waals surface area (Å²) in [6.07, 6.45) is 1.81. The number of nitrogens with zero attached hydrogens (tertiary/aromatic N) is 3. The van der Waals surface area contributed by atoms with E-state index < -0.39 is 0 Å². The van der Waals surface area contributed by atoms with Crippen LogP contribution < -0.4 is 11.1 Å². The fourth-order valence-corrected chi connectivity index (χ4v) is 1.79. The van der Waals surface area contributed by atoms with Crippen LogP contribution in [0.3, 0.4) is 0 Å². The molecule has 1 aliphatic rings. The second-order valence-electron chi connectivity index (χ2n) is 3.34. The molecule has 7 heteroatoms. The second-order valence-corrected chi connectivity index (χ2v) is 4.20. The Morgan fingerprint density at radius 1 is 1.60 bits per heavy atom. The maximum absolute atomic E-state index is 11.2. The van der Waals surface area contributed by atoms with E-state index in [-0.39, 0.29) is 6.03 Å². The van der Waals surface area contributed by atoms with Crippen LogP contribution in [0, 0.1) is 0 Å². The van der Waals surface area contributed by atoms with E-state index in [0.29, 0.717) is 18.9 Å². The number of amides is 2. The molecule has 0 bridgehead atoms. The van der Waals surface area contributed by atoms with Crippen molar-refractivity contribution in [2.75, 3.05) is 25.4 Å². The van der Waals surface area contributed by atoms with Crippen molar-refractivity contribution in [2.45, 2.75) is 6.54 Å². The maximum atomic E-state index is 11.2. The average molecular weight is 274 g/mol. The van der Waals surface area contributed by atoms with Gasteiger partial charge in [-0.2, -0.15) is 5.10 Å². The molecule has 1 aromatic rings. The van der Waals surface area contributed by atoms with Gasteiger partial charge in [0.15, 0.2) is 5.82 Å². The van der Waals surface area contributed by atoms with Gasteiger partial charge >= 0.3 is 6.03 Å². The molecule has 2 rings (SSSR count). The zero-order valence-corrected chi connectivity index (χ0v) is 9.70. The molecule has 82 valence electrons. The Morgan fingerprint density at radius 2 is 2.40 bits per heavy atom. The summed E-state index contributed by atoms with van der Waals surface area (Å²) in [5.41, 5.74) is 5.58. The number of halogens is 1. The number of urea groups is 1. The third-order valence-electron chi connectivity index (χ3n) is 2.29. The lowest BCUT2D eigenvalue weighted by molar-refractivity contribution is 0.215. The monoisotopic (exact) mass is 273 g/mol. The molecule has 1 aromatic heterocycles. The molecule has 1 fully saturated rings. The Kier molecular flexibility index (Phi) is 2.81. The van der Waals surface area contributed by atoms with E-state index >= 15 is 0 Å². The Labute approximate surface area is 95.5 Å². The van der Waals surface area contributed by atoms with Gasteiger partial charge < -0.3 is 16.0 Å². The van der Waals surface area contributed by atoms with Crippen molar-refractivity contribution in [2.24, 2.45) is 0 Å². The van der Waals surface area contributed by atoms with Gasteiger partial charge in [-0.15, -0.1) is 0 Å². The average Bonchev–Trinajstić information content (AvgIpc) is 2.72. The van der Waals surface area contributed by atoms with Crippen molar-refractivity contribution in [3.8, 4) is 0 Å². The molecule has 0 radical (unpaired) electrons. The summed E-state index contributed by atoms with van der Waals surface area (Å²) in [7, 11) is 0. The number of carbonyl (C=O) groups is 1. The lowest BCUT2D eigenvalue weighted by Crippen LogP contribution is -2.31. The molecule has 1 aliphatic heterocycles. The molecule has 2 heterocycles. The van der Waals surface area contributed by atoms with Crippen LogP contribution in [-0.4, -0.2) is 40.3 Å². The molecule has 0 unspecified atom stereocenters. The molecule has 1 saturated heterocycles. The van der Waals surface area contributed by atoms with Crippen molar-refractivity contribution in [3.05, 3.63) is 10.7 Å². The van der Waals surface area contributed by atoms with Crippen LogP contribution in [0.4, 0.5) is 10.6 Å². The molecule has 0 aliphatic carbocycles. The third-order valence-corrected chi connectivity index (χ3v) is 2.90. The number of hydrogen-bond donors (Lipinski definition) is 2. The number of anilines is 1. The molecular formula is C8H12BrN5O. The SMILES string of the molecule is Nc1nn(CCN2CCNC2=O)cc1Br. The van der Waals surface area contributed by atoms with E-state index in [2.05, 4.69) is 26.3 Å². The van der Waals surface area contributed by atoms with Crippen LogP contribution in [0.2, 0.25) is 0 Å². The highest BCUT2D eigenvalue weighted by molar-refractivity contribution is 9.10. The topological polar surface area (TPSA) is 76.2 Å². The quantitative estimate of drug-likeness (QED) is 0.829. The van der Waals surface area contributed by atoms with Crippen LogP contribution >= 0.6 is 15.9 Å². The minimum absolute atomic E-state index is 0.00538. The Hall–Kier alpha value is -1.24. The van der Waals surface area contributed by atoms with Crippen molar-refractivity contribution in [3.63, 3.8) is 0 Å². The van der Waals surface area contributed by atoms with Gasteiger partial charge in [-0.25, -0.2) is 4.79 Å². The first-order valence-electron chi connectivity index (χ1n) is 4.68. The van der Waals surface area contributed by atoms with Crippen LogP contribution in [0.1, 0.15) is 0 Å². The molecule has 15 heavy (non-hydrogen) atoms. The van der Waals surface area contributed by atoms with Gasteiger partial charge in [0.25, 0.3) is 0 Å². The summed E-state index contributed by atoms with van der Waals surface area (Å²) in [6, 6.07) is -0.00538. The van der Waals surface area contributed by atoms with Gasteiger partial charge in [0.2, 0.25) is 0 Å². The van der Waals surface area contributed by atoms with E-state index in [1.807, 2.05) is 6.20 Å². The minimum Gasteiger partial charge on any atom is -0.381 e. The number of rotatable bonds is 3. The predicted octanol–water partition coefficient (Wildman–Crippen LogP) is 0.253. The lowest BCUT2D eigenvalue weighted by atomic mass is 10.5. The highest BCUT2D eigenvalue weighted by atomic mass is 79.9. The normalized spacial score (nSPS) is 15.8. The van der Waals surface area contributed by atoms with Crippen LogP contribution in [-0.2, 0) is 6.54 Å². The summed E-state index contributed by atoms with van der Waals surface area (Å²) in [4.78, 5) is 13.0. The van der Waals surface area contributed by atoms with Crippen molar-refractivity contribution in [1.29, 1.82) is 0 Å². The Balaban J connectivity index is 1.90. The number of nitrogen functional groups attached to an aromatic ring is 1. The second kappa shape index (κ2) is 4.09. The number of aromatic nitrogens is 2. The minimum atomic E-state index is -0.00538. The fraction of sp³-hybridized carbons (Fsp3) is 0.500. The largest absolute Gasteiger partial charge is 0.381 e. The molecule has 0 saturated carbocycles. The van der Waals surface area contributed by atoms with Crippen LogP contribution in [0.15, 0.2) is 10.7 Å². The van der Waals surface area contributed by atoms with E-state index in [1.54, 1.807) is 9.58 Å².